The second-order valence-electron chi connectivity index (χ2n) is 10.0. The van der Waals surface area contributed by atoms with Crippen molar-refractivity contribution in [2.24, 2.45) is 5.92 Å². The molecular formula is C28H35N3O4S. The van der Waals surface area contributed by atoms with Crippen LogP contribution in [0.2, 0.25) is 0 Å². The molecule has 3 heterocycles. The van der Waals surface area contributed by atoms with Crippen LogP contribution in [0.3, 0.4) is 0 Å². The van der Waals surface area contributed by atoms with Gasteiger partial charge in [-0.3, -0.25) is 9.59 Å². The topological polar surface area (TPSA) is 85.4 Å². The van der Waals surface area contributed by atoms with Gasteiger partial charge >= 0.3 is 0 Å². The van der Waals surface area contributed by atoms with Gasteiger partial charge in [-0.2, -0.15) is 0 Å². The van der Waals surface area contributed by atoms with E-state index in [0.717, 1.165) is 52.9 Å². The van der Waals surface area contributed by atoms with Crippen molar-refractivity contribution in [1.29, 1.82) is 0 Å². The van der Waals surface area contributed by atoms with E-state index in [2.05, 4.69) is 27.9 Å². The number of nitrogens with one attached hydrogen (secondary N) is 2. The first kappa shape index (κ1) is 25.1. The number of carbonyl (C=O) groups excluding carboxylic acids is 1. The molecule has 2 N–H and O–H groups in total. The SMILES string of the molecule is CSc1cc(C)[nH]c(=O)c1CNC(=O)c1c(C)n([C@H](C)C2CCC3(CC2)OCCO3)c2ccccc12. The Hall–Kier alpha value is -2.55. The number of aromatic amines is 1. The van der Waals surface area contributed by atoms with E-state index < -0.39 is 0 Å². The van der Waals surface area contributed by atoms with Crippen LogP contribution in [0.4, 0.5) is 0 Å². The van der Waals surface area contributed by atoms with Gasteiger partial charge in [-0.05, 0) is 57.9 Å². The van der Waals surface area contributed by atoms with Crippen LogP contribution in [-0.4, -0.2) is 40.7 Å². The summed E-state index contributed by atoms with van der Waals surface area (Å²) in [5.41, 5.74) is 3.95. The summed E-state index contributed by atoms with van der Waals surface area (Å²) in [4.78, 5) is 29.8. The molecule has 2 aliphatic rings. The lowest BCUT2D eigenvalue weighted by molar-refractivity contribution is -0.184. The van der Waals surface area contributed by atoms with Gasteiger partial charge in [0.15, 0.2) is 5.79 Å². The van der Waals surface area contributed by atoms with Crippen molar-refractivity contribution >= 4 is 28.6 Å². The molecular weight excluding hydrogens is 474 g/mol. The minimum atomic E-state index is -0.376. The van der Waals surface area contributed by atoms with Gasteiger partial charge in [0.1, 0.15) is 0 Å². The smallest absolute Gasteiger partial charge is 0.254 e. The number of amides is 1. The quantitative estimate of drug-likeness (QED) is 0.452. The van der Waals surface area contributed by atoms with Crippen molar-refractivity contribution in [1.82, 2.24) is 14.9 Å². The fraction of sp³-hybridized carbons (Fsp3) is 0.500. The summed E-state index contributed by atoms with van der Waals surface area (Å²) >= 11 is 1.51. The second-order valence-corrected chi connectivity index (χ2v) is 10.9. The van der Waals surface area contributed by atoms with Gasteiger partial charge in [-0.15, -0.1) is 11.8 Å². The van der Waals surface area contributed by atoms with Crippen LogP contribution in [0.15, 0.2) is 40.0 Å². The van der Waals surface area contributed by atoms with Gasteiger partial charge in [0, 0.05) is 58.2 Å². The highest BCUT2D eigenvalue weighted by atomic mass is 32.2. The molecule has 0 radical (unpaired) electrons. The highest BCUT2D eigenvalue weighted by Crippen LogP contribution is 2.43. The summed E-state index contributed by atoms with van der Waals surface area (Å²) < 4.78 is 14.2. The molecule has 3 aromatic rings. The lowest BCUT2D eigenvalue weighted by Gasteiger charge is -2.38. The Balaban J connectivity index is 1.41. The first-order chi connectivity index (χ1) is 17.3. The summed E-state index contributed by atoms with van der Waals surface area (Å²) in [6, 6.07) is 10.3. The molecule has 8 heteroatoms. The maximum absolute atomic E-state index is 13.5. The van der Waals surface area contributed by atoms with Gasteiger partial charge in [0.25, 0.3) is 11.5 Å². The van der Waals surface area contributed by atoms with Crippen molar-refractivity contribution < 1.29 is 14.3 Å². The molecule has 1 spiro atoms. The summed E-state index contributed by atoms with van der Waals surface area (Å²) in [6.07, 6.45) is 5.83. The number of fused-ring (bicyclic) bond motifs is 1. The number of para-hydroxylation sites is 1. The lowest BCUT2D eigenvalue weighted by atomic mass is 9.81. The number of rotatable bonds is 6. The zero-order valence-electron chi connectivity index (χ0n) is 21.5. The Morgan fingerprint density at radius 2 is 1.92 bits per heavy atom. The van der Waals surface area contributed by atoms with Crippen LogP contribution in [0.1, 0.15) is 66.0 Å². The van der Waals surface area contributed by atoms with E-state index in [1.807, 2.05) is 44.4 Å². The third kappa shape index (κ3) is 4.51. The van der Waals surface area contributed by atoms with Crippen molar-refractivity contribution in [3.8, 4) is 0 Å². The molecule has 1 atom stereocenters. The lowest BCUT2D eigenvalue weighted by Crippen LogP contribution is -2.37. The monoisotopic (exact) mass is 509 g/mol. The van der Waals surface area contributed by atoms with E-state index >= 15 is 0 Å². The third-order valence-corrected chi connectivity index (χ3v) is 8.76. The van der Waals surface area contributed by atoms with Gasteiger partial charge in [-0.25, -0.2) is 0 Å². The predicted octanol–water partition coefficient (Wildman–Crippen LogP) is 5.09. The zero-order chi connectivity index (χ0) is 25.4. The number of thioether (sulfide) groups is 1. The number of carbonyl (C=O) groups is 1. The zero-order valence-corrected chi connectivity index (χ0v) is 22.3. The maximum atomic E-state index is 13.5. The molecule has 36 heavy (non-hydrogen) atoms. The summed E-state index contributed by atoms with van der Waals surface area (Å²) in [5, 5.41) is 3.97. The van der Waals surface area contributed by atoms with E-state index in [-0.39, 0.29) is 29.8 Å². The Morgan fingerprint density at radius 1 is 1.22 bits per heavy atom. The molecule has 1 aliphatic heterocycles. The van der Waals surface area contributed by atoms with Gasteiger partial charge in [0.05, 0.1) is 18.8 Å². The van der Waals surface area contributed by atoms with Gasteiger partial charge in [-0.1, -0.05) is 18.2 Å². The Kier molecular flexibility index (Phi) is 7.03. The summed E-state index contributed by atoms with van der Waals surface area (Å²) in [6.45, 7) is 7.72. The number of hydrogen-bond donors (Lipinski definition) is 2. The second kappa shape index (κ2) is 10.1. The number of aromatic nitrogens is 2. The van der Waals surface area contributed by atoms with Crippen LogP contribution in [0.5, 0.6) is 0 Å². The van der Waals surface area contributed by atoms with Crippen LogP contribution >= 0.6 is 11.8 Å². The minimum absolute atomic E-state index is 0.155. The first-order valence-corrected chi connectivity index (χ1v) is 14.0. The standard InChI is InChI=1S/C28H35N3O4S/c1-17-15-24(36-4)22(26(32)30-17)16-29-27(33)25-19(3)31(23-8-6-5-7-21(23)25)18(2)20-9-11-28(12-10-20)34-13-14-35-28/h5-8,15,18,20H,9-14,16H2,1-4H3,(H,29,33)(H,30,32)/t18-/m1/s1. The van der Waals surface area contributed by atoms with Crippen LogP contribution in [0, 0.1) is 19.8 Å². The molecule has 1 aromatic carbocycles. The number of H-pyrrole nitrogens is 1. The van der Waals surface area contributed by atoms with Crippen LogP contribution in [-0.2, 0) is 16.0 Å². The van der Waals surface area contributed by atoms with E-state index in [4.69, 9.17) is 9.47 Å². The van der Waals surface area contributed by atoms with Gasteiger partial charge < -0.3 is 24.3 Å². The normalized spacial score (nSPS) is 18.7. The average molecular weight is 510 g/mol. The Bertz CT molecular complexity index is 1330. The highest BCUT2D eigenvalue weighted by molar-refractivity contribution is 7.98. The predicted molar refractivity (Wildman–Crippen MR) is 143 cm³/mol. The van der Waals surface area contributed by atoms with Crippen molar-refractivity contribution in [3.63, 3.8) is 0 Å². The third-order valence-electron chi connectivity index (χ3n) is 7.95. The average Bonchev–Trinajstić information content (AvgIpc) is 3.44. The number of hydrogen-bond acceptors (Lipinski definition) is 5. The van der Waals surface area contributed by atoms with Crippen LogP contribution < -0.4 is 10.9 Å². The molecule has 1 saturated heterocycles. The van der Waals surface area contributed by atoms with Crippen molar-refractivity contribution in [2.75, 3.05) is 19.5 Å². The molecule has 1 aliphatic carbocycles. The van der Waals surface area contributed by atoms with Crippen molar-refractivity contribution in [2.45, 2.75) is 69.7 Å². The van der Waals surface area contributed by atoms with E-state index in [9.17, 15) is 9.59 Å². The molecule has 5 rings (SSSR count). The maximum Gasteiger partial charge on any atom is 0.254 e. The molecule has 1 saturated carbocycles. The van der Waals surface area contributed by atoms with Crippen LogP contribution in [0.25, 0.3) is 10.9 Å². The Morgan fingerprint density at radius 3 is 2.61 bits per heavy atom. The summed E-state index contributed by atoms with van der Waals surface area (Å²) in [5.74, 6) is -0.0560. The molecule has 192 valence electrons. The van der Waals surface area contributed by atoms with Gasteiger partial charge in [0.2, 0.25) is 0 Å². The minimum Gasteiger partial charge on any atom is -0.348 e. The summed E-state index contributed by atoms with van der Waals surface area (Å²) in [7, 11) is 0. The number of aryl methyl sites for hydroxylation is 1. The molecule has 1 amide bonds. The first-order valence-electron chi connectivity index (χ1n) is 12.8. The largest absolute Gasteiger partial charge is 0.348 e. The number of ether oxygens (including phenoxy) is 2. The number of pyridine rings is 1. The van der Waals surface area contributed by atoms with Crippen molar-refractivity contribution in [3.05, 3.63) is 63.2 Å². The highest BCUT2D eigenvalue weighted by Gasteiger charge is 2.42. The van der Waals surface area contributed by atoms with E-state index in [1.165, 1.54) is 11.8 Å². The molecule has 7 nitrogen and oxygen atoms in total. The molecule has 0 unspecified atom stereocenters. The van der Waals surface area contributed by atoms with E-state index in [0.29, 0.717) is 30.3 Å². The molecule has 2 aromatic heterocycles. The number of benzene rings is 1. The molecule has 2 fully saturated rings. The fourth-order valence-corrected chi connectivity index (χ4v) is 6.76. The van der Waals surface area contributed by atoms with E-state index in [1.54, 1.807) is 0 Å². The fourth-order valence-electron chi connectivity index (χ4n) is 6.05. The molecule has 0 bridgehead atoms. The Labute approximate surface area is 215 Å². The number of nitrogens with zero attached hydrogens (tertiary/aromatic N) is 1.